The molecule has 1 heterocycles. The summed E-state index contributed by atoms with van der Waals surface area (Å²) >= 11 is 1.55. The van der Waals surface area contributed by atoms with Gasteiger partial charge in [-0.3, -0.25) is 14.9 Å². The van der Waals surface area contributed by atoms with Gasteiger partial charge in [-0.25, -0.2) is 4.98 Å². The zero-order valence-electron chi connectivity index (χ0n) is 15.2. The Morgan fingerprint density at radius 1 is 1.21 bits per heavy atom. The number of nitro groups is 1. The first-order valence-electron chi connectivity index (χ1n) is 8.24. The number of benzene rings is 2. The van der Waals surface area contributed by atoms with Gasteiger partial charge in [0.1, 0.15) is 22.2 Å². The molecule has 28 heavy (non-hydrogen) atoms. The number of rotatable bonds is 7. The Labute approximate surface area is 164 Å². The number of nitrogens with zero attached hydrogens (tertiary/aromatic N) is 2. The third kappa shape index (κ3) is 4.63. The van der Waals surface area contributed by atoms with Gasteiger partial charge in [0.15, 0.2) is 6.61 Å². The van der Waals surface area contributed by atoms with E-state index < -0.39 is 10.8 Å². The molecular formula is C19H17N3O5S. The zero-order chi connectivity index (χ0) is 20.1. The van der Waals surface area contributed by atoms with Gasteiger partial charge >= 0.3 is 0 Å². The van der Waals surface area contributed by atoms with Crippen LogP contribution >= 0.6 is 11.3 Å². The van der Waals surface area contributed by atoms with Gasteiger partial charge < -0.3 is 14.8 Å². The van der Waals surface area contributed by atoms with Crippen molar-refractivity contribution in [2.45, 2.75) is 6.92 Å². The lowest BCUT2D eigenvalue weighted by atomic mass is 10.2. The molecule has 9 heteroatoms. The molecule has 0 fully saturated rings. The summed E-state index contributed by atoms with van der Waals surface area (Å²) in [6.45, 7) is 1.65. The van der Waals surface area contributed by atoms with E-state index in [1.54, 1.807) is 23.5 Å². The monoisotopic (exact) mass is 399 g/mol. The Morgan fingerprint density at radius 3 is 2.54 bits per heavy atom. The molecular weight excluding hydrogens is 382 g/mol. The highest BCUT2D eigenvalue weighted by Gasteiger charge is 2.17. The highest BCUT2D eigenvalue weighted by molar-refractivity contribution is 7.13. The van der Waals surface area contributed by atoms with Crippen molar-refractivity contribution in [1.29, 1.82) is 0 Å². The second-order valence-corrected chi connectivity index (χ2v) is 6.65. The third-order valence-electron chi connectivity index (χ3n) is 3.77. The fourth-order valence-electron chi connectivity index (χ4n) is 2.41. The molecule has 1 aromatic heterocycles. The van der Waals surface area contributed by atoms with Crippen molar-refractivity contribution >= 4 is 28.6 Å². The largest absolute Gasteiger partial charge is 0.496 e. The van der Waals surface area contributed by atoms with Gasteiger partial charge in [-0.1, -0.05) is 0 Å². The van der Waals surface area contributed by atoms with Crippen molar-refractivity contribution in [1.82, 2.24) is 4.98 Å². The van der Waals surface area contributed by atoms with Crippen LogP contribution < -0.4 is 14.8 Å². The molecule has 144 valence electrons. The quantitative estimate of drug-likeness (QED) is 0.475. The summed E-state index contributed by atoms with van der Waals surface area (Å²) in [7, 11) is 1.41. The molecule has 1 N–H and O–H groups in total. The standard InChI is InChI=1S/C19H17N3O5S/c1-12-11-28-19(20-12)13-3-5-14(6-4-13)27-10-18(23)21-16-8-7-15(26-2)9-17(16)22(24)25/h3-9,11H,10H2,1-2H3,(H,21,23). The average Bonchev–Trinajstić information content (AvgIpc) is 3.13. The van der Waals surface area contributed by atoms with Crippen molar-refractivity contribution < 1.29 is 19.2 Å². The molecule has 0 saturated heterocycles. The fourth-order valence-corrected chi connectivity index (χ4v) is 3.21. The second-order valence-electron chi connectivity index (χ2n) is 5.80. The van der Waals surface area contributed by atoms with Gasteiger partial charge in [-0.2, -0.15) is 0 Å². The molecule has 0 aliphatic carbocycles. The van der Waals surface area contributed by atoms with Crippen molar-refractivity contribution in [2.24, 2.45) is 0 Å². The van der Waals surface area contributed by atoms with Crippen molar-refractivity contribution in [3.8, 4) is 22.1 Å². The Hall–Kier alpha value is -3.46. The van der Waals surface area contributed by atoms with Crippen LogP contribution in [0.4, 0.5) is 11.4 Å². The van der Waals surface area contributed by atoms with E-state index in [4.69, 9.17) is 9.47 Å². The van der Waals surface area contributed by atoms with E-state index in [0.29, 0.717) is 11.5 Å². The first-order valence-corrected chi connectivity index (χ1v) is 9.12. The number of thiazole rings is 1. The fraction of sp³-hybridized carbons (Fsp3) is 0.158. The summed E-state index contributed by atoms with van der Waals surface area (Å²) in [6.07, 6.45) is 0. The maximum absolute atomic E-state index is 12.1. The van der Waals surface area contributed by atoms with E-state index in [1.807, 2.05) is 24.4 Å². The smallest absolute Gasteiger partial charge is 0.296 e. The van der Waals surface area contributed by atoms with Crippen LogP contribution in [-0.4, -0.2) is 29.5 Å². The lowest BCUT2D eigenvalue weighted by Crippen LogP contribution is -2.20. The number of nitro benzene ring substituents is 1. The molecule has 2 aromatic carbocycles. The van der Waals surface area contributed by atoms with Crippen molar-refractivity contribution in [2.75, 3.05) is 19.0 Å². The lowest BCUT2D eigenvalue weighted by Gasteiger charge is -2.09. The van der Waals surface area contributed by atoms with Gasteiger partial charge in [0.2, 0.25) is 0 Å². The average molecular weight is 399 g/mol. The predicted octanol–water partition coefficient (Wildman–Crippen LogP) is 4.05. The molecule has 3 aromatic rings. The molecule has 0 aliphatic heterocycles. The van der Waals surface area contributed by atoms with Gasteiger partial charge in [0.05, 0.1) is 18.1 Å². The van der Waals surface area contributed by atoms with Gasteiger partial charge in [0.25, 0.3) is 11.6 Å². The van der Waals surface area contributed by atoms with Crippen LogP contribution in [0.25, 0.3) is 10.6 Å². The topological polar surface area (TPSA) is 104 Å². The van der Waals surface area contributed by atoms with Crippen molar-refractivity contribution in [3.05, 3.63) is 63.7 Å². The van der Waals surface area contributed by atoms with Crippen LogP contribution in [0.5, 0.6) is 11.5 Å². The van der Waals surface area contributed by atoms with Crippen LogP contribution in [-0.2, 0) is 4.79 Å². The summed E-state index contributed by atoms with van der Waals surface area (Å²) in [5.74, 6) is 0.334. The molecule has 8 nitrogen and oxygen atoms in total. The van der Waals surface area contributed by atoms with Gasteiger partial charge in [-0.15, -0.1) is 11.3 Å². The number of nitrogens with one attached hydrogen (secondary N) is 1. The number of methoxy groups -OCH3 is 1. The molecule has 1 amide bonds. The minimum atomic E-state index is -0.585. The lowest BCUT2D eigenvalue weighted by molar-refractivity contribution is -0.384. The number of hydrogen-bond donors (Lipinski definition) is 1. The van der Waals surface area contributed by atoms with Crippen molar-refractivity contribution in [3.63, 3.8) is 0 Å². The van der Waals surface area contributed by atoms with Crippen LogP contribution in [0.15, 0.2) is 47.8 Å². The maximum Gasteiger partial charge on any atom is 0.296 e. The summed E-state index contributed by atoms with van der Waals surface area (Å²) in [6, 6.07) is 11.4. The molecule has 3 rings (SSSR count). The summed E-state index contributed by atoms with van der Waals surface area (Å²) < 4.78 is 10.4. The number of amides is 1. The molecule has 0 aliphatic rings. The van der Waals surface area contributed by atoms with E-state index in [0.717, 1.165) is 16.3 Å². The van der Waals surface area contributed by atoms with Gasteiger partial charge in [-0.05, 0) is 43.3 Å². The van der Waals surface area contributed by atoms with Crippen LogP contribution in [0.3, 0.4) is 0 Å². The highest BCUT2D eigenvalue weighted by Crippen LogP contribution is 2.29. The first-order chi connectivity index (χ1) is 13.5. The number of anilines is 1. The molecule has 0 spiro atoms. The van der Waals surface area contributed by atoms with E-state index in [2.05, 4.69) is 10.3 Å². The summed E-state index contributed by atoms with van der Waals surface area (Å²) in [5.41, 5.74) is 1.75. The molecule has 0 radical (unpaired) electrons. The summed E-state index contributed by atoms with van der Waals surface area (Å²) in [5, 5.41) is 16.5. The number of aromatic nitrogens is 1. The predicted molar refractivity (Wildman–Crippen MR) is 106 cm³/mol. The minimum Gasteiger partial charge on any atom is -0.496 e. The van der Waals surface area contributed by atoms with E-state index in [1.165, 1.54) is 25.3 Å². The second kappa shape index (κ2) is 8.49. The number of carbonyl (C=O) groups excluding carboxylic acids is 1. The van der Waals surface area contributed by atoms with E-state index in [-0.39, 0.29) is 18.0 Å². The number of aryl methyl sites for hydroxylation is 1. The molecule has 0 saturated carbocycles. The third-order valence-corrected chi connectivity index (χ3v) is 4.78. The zero-order valence-corrected chi connectivity index (χ0v) is 16.0. The first kappa shape index (κ1) is 19.3. The van der Waals surface area contributed by atoms with Gasteiger partial charge in [0, 0.05) is 16.6 Å². The van der Waals surface area contributed by atoms with E-state index in [9.17, 15) is 14.9 Å². The molecule has 0 bridgehead atoms. The number of hydrogen-bond acceptors (Lipinski definition) is 7. The van der Waals surface area contributed by atoms with E-state index >= 15 is 0 Å². The molecule has 0 atom stereocenters. The Bertz CT molecular complexity index is 1000. The number of carbonyl (C=O) groups is 1. The Kier molecular flexibility index (Phi) is 5.85. The summed E-state index contributed by atoms with van der Waals surface area (Å²) in [4.78, 5) is 27.1. The highest BCUT2D eigenvalue weighted by atomic mass is 32.1. The Balaban J connectivity index is 1.61. The Morgan fingerprint density at radius 2 is 1.93 bits per heavy atom. The van der Waals surface area contributed by atoms with Crippen LogP contribution in [0.1, 0.15) is 5.69 Å². The van der Waals surface area contributed by atoms with Crippen LogP contribution in [0, 0.1) is 17.0 Å². The molecule has 0 unspecified atom stereocenters. The maximum atomic E-state index is 12.1. The number of ether oxygens (including phenoxy) is 2. The normalized spacial score (nSPS) is 10.4. The van der Waals surface area contributed by atoms with Crippen LogP contribution in [0.2, 0.25) is 0 Å². The SMILES string of the molecule is COc1ccc(NC(=O)COc2ccc(-c3nc(C)cs3)cc2)c([N+](=O)[O-])c1. The minimum absolute atomic E-state index is 0.0777.